The molecular weight excluding hydrogens is 238 g/mol. The molecule has 0 fully saturated rings. The van der Waals surface area contributed by atoms with Gasteiger partial charge in [0.05, 0.1) is 19.7 Å². The number of nitrogens with zero attached hydrogens (tertiary/aromatic N) is 1. The van der Waals surface area contributed by atoms with Crippen LogP contribution in [0.1, 0.15) is 16.1 Å². The summed E-state index contributed by atoms with van der Waals surface area (Å²) >= 11 is 1.39. The molecule has 0 saturated carbocycles. The Labute approximate surface area is 103 Å². The second kappa shape index (κ2) is 4.97. The third kappa shape index (κ3) is 2.29. The molecule has 0 N–H and O–H groups in total. The Balaban J connectivity index is 2.37. The van der Waals surface area contributed by atoms with E-state index in [0.29, 0.717) is 22.8 Å². The number of ketones is 1. The van der Waals surface area contributed by atoms with E-state index in [1.165, 1.54) is 18.4 Å². The lowest BCUT2D eigenvalue weighted by atomic mass is 10.1. The summed E-state index contributed by atoms with van der Waals surface area (Å²) in [5.74, 6) is 1.02. The molecule has 0 aliphatic rings. The Kier molecular flexibility index (Phi) is 3.39. The third-order valence-corrected chi connectivity index (χ3v) is 2.90. The minimum atomic E-state index is -0.118. The molecule has 0 aliphatic heterocycles. The second-order valence-corrected chi connectivity index (χ2v) is 3.99. The number of benzene rings is 1. The van der Waals surface area contributed by atoms with Gasteiger partial charge in [0.2, 0.25) is 5.78 Å². The van der Waals surface area contributed by atoms with Gasteiger partial charge in [0.1, 0.15) is 5.69 Å². The number of aromatic nitrogens is 1. The van der Waals surface area contributed by atoms with Crippen molar-refractivity contribution in [3.63, 3.8) is 0 Å². The van der Waals surface area contributed by atoms with Gasteiger partial charge < -0.3 is 9.47 Å². The van der Waals surface area contributed by atoms with Gasteiger partial charge in [-0.2, -0.15) is 0 Å². The highest BCUT2D eigenvalue weighted by Gasteiger charge is 2.13. The van der Waals surface area contributed by atoms with Crippen molar-refractivity contribution in [1.29, 1.82) is 0 Å². The van der Waals surface area contributed by atoms with Crippen molar-refractivity contribution < 1.29 is 14.3 Å². The lowest BCUT2D eigenvalue weighted by Gasteiger charge is -2.08. The fraction of sp³-hybridized carbons (Fsp3) is 0.167. The van der Waals surface area contributed by atoms with Crippen molar-refractivity contribution in [2.75, 3.05) is 14.2 Å². The molecule has 0 saturated heterocycles. The zero-order valence-electron chi connectivity index (χ0n) is 9.47. The number of methoxy groups -OCH3 is 2. The van der Waals surface area contributed by atoms with Crippen LogP contribution in [0.15, 0.2) is 29.1 Å². The molecule has 0 unspecified atom stereocenters. The van der Waals surface area contributed by atoms with E-state index in [1.807, 2.05) is 0 Å². The average molecular weight is 249 g/mol. The minimum Gasteiger partial charge on any atom is -0.493 e. The van der Waals surface area contributed by atoms with Crippen LogP contribution in [0.5, 0.6) is 11.5 Å². The van der Waals surface area contributed by atoms with Gasteiger partial charge in [0.25, 0.3) is 0 Å². The Morgan fingerprint density at radius 3 is 2.59 bits per heavy atom. The minimum absolute atomic E-state index is 0.118. The maximum Gasteiger partial charge on any atom is 0.212 e. The molecule has 1 aromatic heterocycles. The Morgan fingerprint density at radius 1 is 1.24 bits per heavy atom. The van der Waals surface area contributed by atoms with Crippen LogP contribution in [-0.2, 0) is 0 Å². The zero-order valence-corrected chi connectivity index (χ0v) is 10.3. The summed E-state index contributed by atoms with van der Waals surface area (Å²) in [6.45, 7) is 0. The van der Waals surface area contributed by atoms with Gasteiger partial charge in [0, 0.05) is 10.9 Å². The smallest absolute Gasteiger partial charge is 0.212 e. The molecule has 0 spiro atoms. The van der Waals surface area contributed by atoms with Gasteiger partial charge >= 0.3 is 0 Å². The summed E-state index contributed by atoms with van der Waals surface area (Å²) < 4.78 is 10.3. The quantitative estimate of drug-likeness (QED) is 0.781. The Bertz CT molecular complexity index is 523. The lowest BCUT2D eigenvalue weighted by Crippen LogP contribution is -2.02. The molecule has 17 heavy (non-hydrogen) atoms. The summed E-state index contributed by atoms with van der Waals surface area (Å²) in [6.07, 6.45) is 0. The predicted molar refractivity (Wildman–Crippen MR) is 65.1 cm³/mol. The van der Waals surface area contributed by atoms with Crippen LogP contribution >= 0.6 is 11.3 Å². The van der Waals surface area contributed by atoms with E-state index in [4.69, 9.17) is 9.47 Å². The first-order valence-electron chi connectivity index (χ1n) is 4.91. The summed E-state index contributed by atoms with van der Waals surface area (Å²) in [7, 11) is 3.09. The molecule has 1 heterocycles. The Hall–Kier alpha value is -1.88. The molecule has 0 amide bonds. The number of carbonyl (C=O) groups excluding carboxylic acids is 1. The first-order chi connectivity index (χ1) is 8.26. The standard InChI is InChI=1S/C12H11NO3S/c1-15-10-4-3-8(5-11(10)16-2)12(14)9-6-17-7-13-9/h3-7H,1-2H3. The number of hydrogen-bond acceptors (Lipinski definition) is 5. The highest BCUT2D eigenvalue weighted by molar-refractivity contribution is 7.07. The van der Waals surface area contributed by atoms with Crippen molar-refractivity contribution in [2.45, 2.75) is 0 Å². The van der Waals surface area contributed by atoms with Crippen molar-refractivity contribution >= 4 is 17.1 Å². The van der Waals surface area contributed by atoms with Crippen LogP contribution in [0.25, 0.3) is 0 Å². The van der Waals surface area contributed by atoms with Crippen LogP contribution in [0.3, 0.4) is 0 Å². The van der Waals surface area contributed by atoms with Crippen molar-refractivity contribution in [2.24, 2.45) is 0 Å². The van der Waals surface area contributed by atoms with Gasteiger partial charge in [0.15, 0.2) is 11.5 Å². The normalized spacial score (nSPS) is 10.0. The number of hydrogen-bond donors (Lipinski definition) is 0. The third-order valence-electron chi connectivity index (χ3n) is 2.31. The molecule has 1 aromatic carbocycles. The molecule has 2 rings (SSSR count). The first-order valence-corrected chi connectivity index (χ1v) is 5.85. The Morgan fingerprint density at radius 2 is 2.00 bits per heavy atom. The molecule has 88 valence electrons. The maximum atomic E-state index is 12.0. The second-order valence-electron chi connectivity index (χ2n) is 3.27. The summed E-state index contributed by atoms with van der Waals surface area (Å²) in [5, 5.41) is 1.72. The molecule has 0 atom stereocenters. The monoisotopic (exact) mass is 249 g/mol. The highest BCUT2D eigenvalue weighted by Crippen LogP contribution is 2.28. The van der Waals surface area contributed by atoms with Crippen LogP contribution in [0, 0.1) is 0 Å². The van der Waals surface area contributed by atoms with Gasteiger partial charge in [-0.05, 0) is 18.2 Å². The summed E-state index contributed by atoms with van der Waals surface area (Å²) in [6, 6.07) is 5.06. The van der Waals surface area contributed by atoms with Gasteiger partial charge in [-0.3, -0.25) is 4.79 Å². The number of rotatable bonds is 4. The summed E-state index contributed by atoms with van der Waals surface area (Å²) in [4.78, 5) is 16.0. The predicted octanol–water partition coefficient (Wildman–Crippen LogP) is 2.39. The van der Waals surface area contributed by atoms with Crippen LogP contribution in [-0.4, -0.2) is 25.0 Å². The highest BCUT2D eigenvalue weighted by atomic mass is 32.1. The van der Waals surface area contributed by atoms with Gasteiger partial charge in [-0.15, -0.1) is 11.3 Å². The topological polar surface area (TPSA) is 48.4 Å². The molecule has 5 heteroatoms. The van der Waals surface area contributed by atoms with Crippen LogP contribution in [0.4, 0.5) is 0 Å². The van der Waals surface area contributed by atoms with Crippen LogP contribution < -0.4 is 9.47 Å². The number of thiazole rings is 1. The molecule has 0 bridgehead atoms. The zero-order chi connectivity index (χ0) is 12.3. The molecule has 0 aliphatic carbocycles. The van der Waals surface area contributed by atoms with E-state index >= 15 is 0 Å². The van der Waals surface area contributed by atoms with E-state index in [0.717, 1.165) is 0 Å². The molecule has 2 aromatic rings. The molecule has 0 radical (unpaired) electrons. The molecular formula is C12H11NO3S. The summed E-state index contributed by atoms with van der Waals surface area (Å²) in [5.41, 5.74) is 2.62. The maximum absolute atomic E-state index is 12.0. The van der Waals surface area contributed by atoms with E-state index in [1.54, 1.807) is 36.2 Å². The van der Waals surface area contributed by atoms with E-state index < -0.39 is 0 Å². The SMILES string of the molecule is COc1ccc(C(=O)c2cscn2)cc1OC. The van der Waals surface area contributed by atoms with E-state index in [2.05, 4.69) is 4.98 Å². The number of ether oxygens (including phenoxy) is 2. The molecule has 4 nitrogen and oxygen atoms in total. The fourth-order valence-corrected chi connectivity index (χ4v) is 1.98. The number of carbonyl (C=O) groups is 1. The van der Waals surface area contributed by atoms with Crippen molar-refractivity contribution in [3.8, 4) is 11.5 Å². The van der Waals surface area contributed by atoms with Crippen LogP contribution in [0.2, 0.25) is 0 Å². The van der Waals surface area contributed by atoms with E-state index in [-0.39, 0.29) is 5.78 Å². The average Bonchev–Trinajstić information content (AvgIpc) is 2.90. The van der Waals surface area contributed by atoms with Crippen molar-refractivity contribution in [1.82, 2.24) is 4.98 Å². The van der Waals surface area contributed by atoms with E-state index in [9.17, 15) is 4.79 Å². The largest absolute Gasteiger partial charge is 0.493 e. The van der Waals surface area contributed by atoms with Gasteiger partial charge in [-0.1, -0.05) is 0 Å². The first kappa shape index (κ1) is 11.6. The van der Waals surface area contributed by atoms with Crippen molar-refractivity contribution in [3.05, 3.63) is 40.3 Å². The fourth-order valence-electron chi connectivity index (χ4n) is 1.45. The lowest BCUT2D eigenvalue weighted by molar-refractivity contribution is 0.103. The van der Waals surface area contributed by atoms with Gasteiger partial charge in [-0.25, -0.2) is 4.98 Å².